The zero-order valence-corrected chi connectivity index (χ0v) is 12.4. The molecule has 2 aromatic rings. The Morgan fingerprint density at radius 2 is 1.89 bits per heavy atom. The van der Waals surface area contributed by atoms with Crippen LogP contribution in [0.2, 0.25) is 5.02 Å². The van der Waals surface area contributed by atoms with E-state index in [1.165, 1.54) is 0 Å². The van der Waals surface area contributed by atoms with Crippen LogP contribution in [0.3, 0.4) is 0 Å². The number of Topliss-reactive ketones (excluding diaryl/α,β-unsaturated/α-hetero) is 1. The third kappa shape index (κ3) is 4.08. The van der Waals surface area contributed by atoms with Crippen molar-refractivity contribution in [3.8, 4) is 5.75 Å². The Morgan fingerprint density at radius 1 is 1.16 bits per heavy atom. The van der Waals surface area contributed by atoms with Crippen LogP contribution in [-0.4, -0.2) is 12.4 Å². The molecular weight excluding hydrogens is 328 g/mol. The number of carbonyl (C=O) groups is 1. The number of hydrogen-bond donors (Lipinski definition) is 0. The second-order valence-electron chi connectivity index (χ2n) is 3.96. The smallest absolute Gasteiger partial charge is 0.166 e. The second kappa shape index (κ2) is 6.73. The third-order valence-electron chi connectivity index (χ3n) is 2.58. The van der Waals surface area contributed by atoms with Crippen molar-refractivity contribution in [2.24, 2.45) is 0 Å². The SMILES string of the molecule is O=C(CCOc1cc(Br)ccc1Cl)c1ccccc1. The van der Waals surface area contributed by atoms with Crippen molar-refractivity contribution < 1.29 is 9.53 Å². The highest BCUT2D eigenvalue weighted by atomic mass is 79.9. The van der Waals surface area contributed by atoms with Gasteiger partial charge in [0.05, 0.1) is 11.6 Å². The van der Waals surface area contributed by atoms with Crippen molar-refractivity contribution in [2.75, 3.05) is 6.61 Å². The van der Waals surface area contributed by atoms with Gasteiger partial charge in [0.2, 0.25) is 0 Å². The predicted octanol–water partition coefficient (Wildman–Crippen LogP) is 4.75. The summed E-state index contributed by atoms with van der Waals surface area (Å²) in [6, 6.07) is 14.6. The quantitative estimate of drug-likeness (QED) is 0.735. The molecule has 98 valence electrons. The molecule has 0 saturated carbocycles. The van der Waals surface area contributed by atoms with E-state index in [1.807, 2.05) is 24.3 Å². The number of ether oxygens (including phenoxy) is 1. The Morgan fingerprint density at radius 3 is 2.63 bits per heavy atom. The maximum atomic E-state index is 11.9. The Kier molecular flexibility index (Phi) is 5.00. The fourth-order valence-corrected chi connectivity index (χ4v) is 2.12. The van der Waals surface area contributed by atoms with Crippen LogP contribution in [0.25, 0.3) is 0 Å². The van der Waals surface area contributed by atoms with Gasteiger partial charge in [-0.3, -0.25) is 4.79 Å². The molecule has 0 unspecified atom stereocenters. The third-order valence-corrected chi connectivity index (χ3v) is 3.38. The van der Waals surface area contributed by atoms with Gasteiger partial charge < -0.3 is 4.74 Å². The minimum Gasteiger partial charge on any atom is -0.492 e. The van der Waals surface area contributed by atoms with Crippen LogP contribution in [-0.2, 0) is 0 Å². The van der Waals surface area contributed by atoms with Crippen molar-refractivity contribution in [3.63, 3.8) is 0 Å². The Bertz CT molecular complexity index is 570. The number of halogens is 2. The van der Waals surface area contributed by atoms with Crippen LogP contribution < -0.4 is 4.74 Å². The maximum Gasteiger partial charge on any atom is 0.166 e. The number of hydrogen-bond acceptors (Lipinski definition) is 2. The molecular formula is C15H12BrClO2. The number of ketones is 1. The topological polar surface area (TPSA) is 26.3 Å². The van der Waals surface area contributed by atoms with Crippen molar-refractivity contribution in [1.82, 2.24) is 0 Å². The molecule has 0 fully saturated rings. The van der Waals surface area contributed by atoms with E-state index in [9.17, 15) is 4.79 Å². The van der Waals surface area contributed by atoms with Gasteiger partial charge in [-0.2, -0.15) is 0 Å². The maximum absolute atomic E-state index is 11.9. The van der Waals surface area contributed by atoms with Gasteiger partial charge in [-0.25, -0.2) is 0 Å². The average molecular weight is 340 g/mol. The fraction of sp³-hybridized carbons (Fsp3) is 0.133. The molecule has 0 aliphatic heterocycles. The van der Waals surface area contributed by atoms with E-state index < -0.39 is 0 Å². The second-order valence-corrected chi connectivity index (χ2v) is 5.29. The van der Waals surface area contributed by atoms with E-state index in [1.54, 1.807) is 24.3 Å². The molecule has 19 heavy (non-hydrogen) atoms. The minimum absolute atomic E-state index is 0.0618. The van der Waals surface area contributed by atoms with E-state index in [2.05, 4.69) is 15.9 Å². The molecule has 0 aromatic heterocycles. The van der Waals surface area contributed by atoms with Crippen molar-refractivity contribution in [3.05, 3.63) is 63.6 Å². The van der Waals surface area contributed by atoms with Gasteiger partial charge in [-0.05, 0) is 18.2 Å². The number of benzene rings is 2. The Balaban J connectivity index is 1.90. The lowest BCUT2D eigenvalue weighted by Gasteiger charge is -2.08. The predicted molar refractivity (Wildman–Crippen MR) is 80.0 cm³/mol. The summed E-state index contributed by atoms with van der Waals surface area (Å²) in [7, 11) is 0. The highest BCUT2D eigenvalue weighted by Crippen LogP contribution is 2.28. The summed E-state index contributed by atoms with van der Waals surface area (Å²) in [5, 5.41) is 0.537. The van der Waals surface area contributed by atoms with E-state index >= 15 is 0 Å². The standard InChI is InChI=1S/C15H12BrClO2/c16-12-6-7-13(17)15(10-12)19-9-8-14(18)11-4-2-1-3-5-11/h1-7,10H,8-9H2. The molecule has 0 amide bonds. The first-order valence-corrected chi connectivity index (χ1v) is 7.00. The lowest BCUT2D eigenvalue weighted by atomic mass is 10.1. The zero-order valence-electron chi connectivity index (χ0n) is 10.1. The van der Waals surface area contributed by atoms with Crippen molar-refractivity contribution in [2.45, 2.75) is 6.42 Å². The fourth-order valence-electron chi connectivity index (χ4n) is 1.61. The molecule has 0 N–H and O–H groups in total. The van der Waals surface area contributed by atoms with Crippen molar-refractivity contribution in [1.29, 1.82) is 0 Å². The molecule has 0 heterocycles. The molecule has 0 spiro atoms. The molecule has 4 heteroatoms. The molecule has 2 aromatic carbocycles. The van der Waals surface area contributed by atoms with Crippen LogP contribution in [0.5, 0.6) is 5.75 Å². The van der Waals surface area contributed by atoms with Gasteiger partial charge in [0.25, 0.3) is 0 Å². The van der Waals surface area contributed by atoms with Crippen molar-refractivity contribution >= 4 is 33.3 Å². The van der Waals surface area contributed by atoms with Crippen LogP contribution in [0.1, 0.15) is 16.8 Å². The molecule has 2 rings (SSSR count). The highest BCUT2D eigenvalue weighted by Gasteiger charge is 2.07. The summed E-state index contributed by atoms with van der Waals surface area (Å²) < 4.78 is 6.42. The van der Waals surface area contributed by atoms with Crippen LogP contribution in [0, 0.1) is 0 Å². The van der Waals surface area contributed by atoms with Gasteiger partial charge in [0, 0.05) is 16.5 Å². The molecule has 0 aliphatic carbocycles. The summed E-state index contributed by atoms with van der Waals surface area (Å²) in [5.41, 5.74) is 0.700. The number of carbonyl (C=O) groups excluding carboxylic acids is 1. The van der Waals surface area contributed by atoms with E-state index in [0.29, 0.717) is 29.4 Å². The molecule has 0 atom stereocenters. The van der Waals surface area contributed by atoms with Gasteiger partial charge in [0.1, 0.15) is 5.75 Å². The summed E-state index contributed by atoms with van der Waals surface area (Å²) in [6.07, 6.45) is 0.326. The molecule has 0 bridgehead atoms. The Hall–Kier alpha value is -1.32. The zero-order chi connectivity index (χ0) is 13.7. The van der Waals surface area contributed by atoms with E-state index in [4.69, 9.17) is 16.3 Å². The minimum atomic E-state index is 0.0618. The largest absolute Gasteiger partial charge is 0.492 e. The highest BCUT2D eigenvalue weighted by molar-refractivity contribution is 9.10. The molecule has 0 radical (unpaired) electrons. The summed E-state index contributed by atoms with van der Waals surface area (Å²) in [4.78, 5) is 11.9. The summed E-state index contributed by atoms with van der Waals surface area (Å²) in [5.74, 6) is 0.642. The normalized spacial score (nSPS) is 10.2. The number of rotatable bonds is 5. The molecule has 0 aliphatic rings. The van der Waals surface area contributed by atoms with Gasteiger partial charge in [0.15, 0.2) is 5.78 Å². The van der Waals surface area contributed by atoms with Gasteiger partial charge >= 0.3 is 0 Å². The first-order chi connectivity index (χ1) is 9.16. The summed E-state index contributed by atoms with van der Waals surface area (Å²) in [6.45, 7) is 0.309. The monoisotopic (exact) mass is 338 g/mol. The first-order valence-electron chi connectivity index (χ1n) is 5.83. The van der Waals surface area contributed by atoms with E-state index in [0.717, 1.165) is 4.47 Å². The van der Waals surface area contributed by atoms with Crippen LogP contribution >= 0.6 is 27.5 Å². The lowest BCUT2D eigenvalue weighted by molar-refractivity contribution is 0.0962. The molecule has 2 nitrogen and oxygen atoms in total. The van der Waals surface area contributed by atoms with Crippen LogP contribution in [0.4, 0.5) is 0 Å². The first kappa shape index (κ1) is 14.1. The molecule has 0 saturated heterocycles. The Labute approximate surface area is 125 Å². The average Bonchev–Trinajstić information content (AvgIpc) is 2.43. The summed E-state index contributed by atoms with van der Waals surface area (Å²) >= 11 is 9.35. The van der Waals surface area contributed by atoms with Crippen LogP contribution in [0.15, 0.2) is 53.0 Å². The van der Waals surface area contributed by atoms with Gasteiger partial charge in [-0.1, -0.05) is 57.9 Å². The van der Waals surface area contributed by atoms with E-state index in [-0.39, 0.29) is 5.78 Å². The van der Waals surface area contributed by atoms with Gasteiger partial charge in [-0.15, -0.1) is 0 Å². The lowest BCUT2D eigenvalue weighted by Crippen LogP contribution is -2.06.